The van der Waals surface area contributed by atoms with Crippen molar-refractivity contribution >= 4 is 11.6 Å². The van der Waals surface area contributed by atoms with E-state index in [2.05, 4.69) is 16.9 Å². The number of rotatable bonds is 6. The Labute approximate surface area is 102 Å². The zero-order valence-electron chi connectivity index (χ0n) is 10.1. The average molecular weight is 243 g/mol. The molecule has 0 aromatic carbocycles. The molecule has 0 aliphatic rings. The summed E-state index contributed by atoms with van der Waals surface area (Å²) in [5, 5.41) is 0.537. The number of ether oxygens (including phenoxy) is 1. The maximum Gasteiger partial charge on any atom is 0.129 e. The molecule has 1 rings (SSSR count). The summed E-state index contributed by atoms with van der Waals surface area (Å²) in [6.45, 7) is 6.63. The van der Waals surface area contributed by atoms with Crippen LogP contribution in [0.5, 0.6) is 0 Å². The SMILES string of the molecule is CC(C)OCCN(C)Cc1ccc(Cl)nc1. The third-order valence-electron chi connectivity index (χ3n) is 2.17. The molecule has 0 amide bonds. The first-order valence-electron chi connectivity index (χ1n) is 5.48. The van der Waals surface area contributed by atoms with Crippen molar-refractivity contribution in [3.8, 4) is 0 Å². The van der Waals surface area contributed by atoms with Crippen LogP contribution in [0.25, 0.3) is 0 Å². The molecule has 0 saturated carbocycles. The van der Waals surface area contributed by atoms with Gasteiger partial charge in [0.2, 0.25) is 0 Å². The van der Waals surface area contributed by atoms with Gasteiger partial charge in [-0.25, -0.2) is 4.98 Å². The van der Waals surface area contributed by atoms with Crippen molar-refractivity contribution in [1.82, 2.24) is 9.88 Å². The first kappa shape index (κ1) is 13.4. The zero-order chi connectivity index (χ0) is 12.0. The third-order valence-corrected chi connectivity index (χ3v) is 2.39. The Morgan fingerprint density at radius 3 is 2.75 bits per heavy atom. The number of nitrogens with zero attached hydrogens (tertiary/aromatic N) is 2. The second-order valence-electron chi connectivity index (χ2n) is 4.15. The molecule has 0 N–H and O–H groups in total. The molecular weight excluding hydrogens is 224 g/mol. The van der Waals surface area contributed by atoms with Gasteiger partial charge >= 0.3 is 0 Å². The van der Waals surface area contributed by atoms with Crippen molar-refractivity contribution in [3.05, 3.63) is 29.0 Å². The number of likely N-dealkylation sites (N-methyl/N-ethyl adjacent to an activating group) is 1. The summed E-state index contributed by atoms with van der Waals surface area (Å²) in [6, 6.07) is 3.81. The normalized spacial score (nSPS) is 11.4. The van der Waals surface area contributed by atoms with Gasteiger partial charge in [-0.1, -0.05) is 17.7 Å². The van der Waals surface area contributed by atoms with Crippen LogP contribution in [0.1, 0.15) is 19.4 Å². The smallest absolute Gasteiger partial charge is 0.129 e. The molecule has 0 aliphatic carbocycles. The summed E-state index contributed by atoms with van der Waals surface area (Å²) in [6.07, 6.45) is 2.10. The van der Waals surface area contributed by atoms with Crippen LogP contribution in [0.15, 0.2) is 18.3 Å². The lowest BCUT2D eigenvalue weighted by Gasteiger charge is -2.17. The van der Waals surface area contributed by atoms with Gasteiger partial charge in [0.25, 0.3) is 0 Å². The first-order valence-corrected chi connectivity index (χ1v) is 5.86. The van der Waals surface area contributed by atoms with Crippen LogP contribution in [0.2, 0.25) is 5.15 Å². The molecule has 4 heteroatoms. The highest BCUT2D eigenvalue weighted by molar-refractivity contribution is 6.29. The van der Waals surface area contributed by atoms with Gasteiger partial charge in [0, 0.05) is 19.3 Å². The number of hydrogen-bond acceptors (Lipinski definition) is 3. The van der Waals surface area contributed by atoms with Crippen LogP contribution >= 0.6 is 11.6 Å². The molecule has 3 nitrogen and oxygen atoms in total. The van der Waals surface area contributed by atoms with Gasteiger partial charge in [-0.05, 0) is 32.5 Å². The van der Waals surface area contributed by atoms with Crippen molar-refractivity contribution < 1.29 is 4.74 Å². The summed E-state index contributed by atoms with van der Waals surface area (Å²) in [5.41, 5.74) is 1.16. The fourth-order valence-electron chi connectivity index (χ4n) is 1.33. The molecule has 1 aromatic heterocycles. The second kappa shape index (κ2) is 6.84. The summed E-state index contributed by atoms with van der Waals surface area (Å²) in [7, 11) is 2.07. The van der Waals surface area contributed by atoms with Gasteiger partial charge in [0.05, 0.1) is 12.7 Å². The minimum absolute atomic E-state index is 0.297. The largest absolute Gasteiger partial charge is 0.377 e. The van der Waals surface area contributed by atoms with Gasteiger partial charge in [-0.2, -0.15) is 0 Å². The molecule has 0 aliphatic heterocycles. The van der Waals surface area contributed by atoms with Crippen LogP contribution in [-0.2, 0) is 11.3 Å². The van der Waals surface area contributed by atoms with E-state index in [1.165, 1.54) is 0 Å². The standard InChI is InChI=1S/C12H19ClN2O/c1-10(2)16-7-6-15(3)9-11-4-5-12(13)14-8-11/h4-5,8,10H,6-7,9H2,1-3H3. The van der Waals surface area contributed by atoms with E-state index in [9.17, 15) is 0 Å². The quantitative estimate of drug-likeness (QED) is 0.717. The first-order chi connectivity index (χ1) is 7.58. The van der Waals surface area contributed by atoms with Gasteiger partial charge in [0.15, 0.2) is 0 Å². The fraction of sp³-hybridized carbons (Fsp3) is 0.583. The van der Waals surface area contributed by atoms with Crippen LogP contribution < -0.4 is 0 Å². The van der Waals surface area contributed by atoms with Crippen LogP contribution in [0.4, 0.5) is 0 Å². The monoisotopic (exact) mass is 242 g/mol. The Kier molecular flexibility index (Phi) is 5.74. The highest BCUT2D eigenvalue weighted by Crippen LogP contribution is 2.07. The predicted octanol–water partition coefficient (Wildman–Crippen LogP) is 2.59. The Balaban J connectivity index is 2.28. The molecule has 1 aromatic rings. The van der Waals surface area contributed by atoms with Gasteiger partial charge in [0.1, 0.15) is 5.15 Å². The summed E-state index contributed by atoms with van der Waals surface area (Å²) < 4.78 is 5.49. The molecule has 0 spiro atoms. The third kappa shape index (κ3) is 5.45. The molecule has 0 atom stereocenters. The molecule has 0 radical (unpaired) electrons. The maximum atomic E-state index is 5.72. The number of aromatic nitrogens is 1. The lowest BCUT2D eigenvalue weighted by Crippen LogP contribution is -2.24. The lowest BCUT2D eigenvalue weighted by atomic mass is 10.3. The lowest BCUT2D eigenvalue weighted by molar-refractivity contribution is 0.0627. The van der Waals surface area contributed by atoms with E-state index in [0.29, 0.717) is 11.3 Å². The molecule has 0 unspecified atom stereocenters. The van der Waals surface area contributed by atoms with Crippen molar-refractivity contribution in [2.45, 2.75) is 26.5 Å². The van der Waals surface area contributed by atoms with E-state index >= 15 is 0 Å². The molecular formula is C12H19ClN2O. The predicted molar refractivity (Wildman–Crippen MR) is 66.7 cm³/mol. The minimum atomic E-state index is 0.297. The van der Waals surface area contributed by atoms with Crippen molar-refractivity contribution in [1.29, 1.82) is 0 Å². The minimum Gasteiger partial charge on any atom is -0.377 e. The maximum absolute atomic E-state index is 5.72. The number of hydrogen-bond donors (Lipinski definition) is 0. The molecule has 1 heterocycles. The highest BCUT2D eigenvalue weighted by atomic mass is 35.5. The van der Waals surface area contributed by atoms with Crippen molar-refractivity contribution in [2.24, 2.45) is 0 Å². The molecule has 0 saturated heterocycles. The molecule has 0 fully saturated rings. The Morgan fingerprint density at radius 1 is 1.44 bits per heavy atom. The van der Waals surface area contributed by atoms with E-state index in [4.69, 9.17) is 16.3 Å². The second-order valence-corrected chi connectivity index (χ2v) is 4.53. The van der Waals surface area contributed by atoms with Gasteiger partial charge in [-0.3, -0.25) is 4.90 Å². The van der Waals surface area contributed by atoms with E-state index in [1.54, 1.807) is 0 Å². The summed E-state index contributed by atoms with van der Waals surface area (Å²) in [4.78, 5) is 6.25. The van der Waals surface area contributed by atoms with E-state index < -0.39 is 0 Å². The average Bonchev–Trinajstić information content (AvgIpc) is 2.21. The van der Waals surface area contributed by atoms with Gasteiger partial charge in [-0.15, -0.1) is 0 Å². The van der Waals surface area contributed by atoms with E-state index in [0.717, 1.165) is 25.3 Å². The number of halogens is 1. The van der Waals surface area contributed by atoms with Crippen LogP contribution in [-0.4, -0.2) is 36.2 Å². The summed E-state index contributed by atoms with van der Waals surface area (Å²) in [5.74, 6) is 0. The molecule has 16 heavy (non-hydrogen) atoms. The molecule has 0 bridgehead atoms. The zero-order valence-corrected chi connectivity index (χ0v) is 10.9. The topological polar surface area (TPSA) is 25.4 Å². The van der Waals surface area contributed by atoms with E-state index in [1.807, 2.05) is 32.2 Å². The van der Waals surface area contributed by atoms with Crippen LogP contribution in [0, 0.1) is 0 Å². The van der Waals surface area contributed by atoms with Crippen molar-refractivity contribution in [3.63, 3.8) is 0 Å². The Bertz CT molecular complexity index is 300. The summed E-state index contributed by atoms with van der Waals surface area (Å²) >= 11 is 5.72. The van der Waals surface area contributed by atoms with Crippen LogP contribution in [0.3, 0.4) is 0 Å². The number of pyridine rings is 1. The van der Waals surface area contributed by atoms with E-state index in [-0.39, 0.29) is 0 Å². The Morgan fingerprint density at radius 2 is 2.19 bits per heavy atom. The van der Waals surface area contributed by atoms with Crippen molar-refractivity contribution in [2.75, 3.05) is 20.2 Å². The molecule has 90 valence electrons. The Hall–Kier alpha value is -0.640. The fourth-order valence-corrected chi connectivity index (χ4v) is 1.45. The highest BCUT2D eigenvalue weighted by Gasteiger charge is 2.01. The van der Waals surface area contributed by atoms with Gasteiger partial charge < -0.3 is 4.74 Å².